The highest BCUT2D eigenvalue weighted by molar-refractivity contribution is 5.73. The molecule has 0 aliphatic carbocycles. The number of aliphatic carboxylic acids is 1. The second-order valence-electron chi connectivity index (χ2n) is 7.70. The summed E-state index contributed by atoms with van der Waals surface area (Å²) in [5.41, 5.74) is 4.28. The molecule has 0 amide bonds. The number of hydrogen-bond donors (Lipinski definition) is 1. The number of hydrogen-bond acceptors (Lipinski definition) is 3. The molecule has 0 aliphatic rings. The zero-order valence-corrected chi connectivity index (χ0v) is 18.6. The van der Waals surface area contributed by atoms with E-state index < -0.39 is 12.1 Å². The number of nitrogens with zero attached hydrogens (tertiary/aromatic N) is 2. The number of carboxylic acid groups (broad SMARTS) is 1. The van der Waals surface area contributed by atoms with Gasteiger partial charge in [0.25, 0.3) is 0 Å². The molecule has 0 radical (unpaired) electrons. The highest BCUT2D eigenvalue weighted by Gasteiger charge is 2.38. The number of carboxylic acids is 1. The summed E-state index contributed by atoms with van der Waals surface area (Å²) in [5, 5.41) is 7.12. The quantitative estimate of drug-likeness (QED) is 0.449. The van der Waals surface area contributed by atoms with Gasteiger partial charge in [0, 0.05) is 17.8 Å². The van der Waals surface area contributed by atoms with Gasteiger partial charge >= 0.3 is 12.1 Å². The molecule has 2 aromatic carbocycles. The first-order valence-corrected chi connectivity index (χ1v) is 10.2. The van der Waals surface area contributed by atoms with Crippen LogP contribution in [0.5, 0.6) is 5.75 Å². The number of aromatic nitrogens is 2. The first-order chi connectivity index (χ1) is 15.5. The fourth-order valence-corrected chi connectivity index (χ4v) is 3.20. The molecular weight excluding hydrogens is 440 g/mol. The maximum atomic E-state index is 13.3. The van der Waals surface area contributed by atoms with E-state index in [-0.39, 0.29) is 5.82 Å². The first kappa shape index (κ1) is 25.9. The molecule has 0 saturated carbocycles. The predicted molar refractivity (Wildman–Crippen MR) is 117 cm³/mol. The van der Waals surface area contributed by atoms with Crippen LogP contribution in [0.2, 0.25) is 0 Å². The van der Waals surface area contributed by atoms with Gasteiger partial charge in [-0.15, -0.1) is 0 Å². The molecule has 0 fully saturated rings. The van der Waals surface area contributed by atoms with Gasteiger partial charge in [-0.3, -0.25) is 0 Å². The van der Waals surface area contributed by atoms with E-state index >= 15 is 0 Å². The summed E-state index contributed by atoms with van der Waals surface area (Å²) >= 11 is 0. The molecule has 9 heteroatoms. The molecule has 1 N–H and O–H groups in total. The van der Waals surface area contributed by atoms with E-state index in [0.717, 1.165) is 36.4 Å². The molecule has 1 aromatic heterocycles. The molecule has 5 nitrogen and oxygen atoms in total. The number of methoxy groups -OCH3 is 1. The van der Waals surface area contributed by atoms with E-state index in [2.05, 4.69) is 29.5 Å². The maximum absolute atomic E-state index is 13.3. The van der Waals surface area contributed by atoms with Crippen molar-refractivity contribution in [3.8, 4) is 17.0 Å². The summed E-state index contributed by atoms with van der Waals surface area (Å²) in [6.07, 6.45) is -1.39. The fourth-order valence-electron chi connectivity index (χ4n) is 3.20. The van der Waals surface area contributed by atoms with Crippen molar-refractivity contribution < 1.29 is 32.2 Å². The zero-order valence-electron chi connectivity index (χ0n) is 18.6. The highest BCUT2D eigenvalue weighted by atomic mass is 19.4. The van der Waals surface area contributed by atoms with Gasteiger partial charge in [0.1, 0.15) is 11.6 Å². The highest BCUT2D eigenvalue weighted by Crippen LogP contribution is 2.26. The summed E-state index contributed by atoms with van der Waals surface area (Å²) in [6.45, 7) is 5.23. The zero-order chi connectivity index (χ0) is 24.6. The standard InChI is InChI=1S/C22H25FN2O.C2HF3O2/c1-16(2)14-20-22(18-8-10-19(23)11-9-18)24-15-25(20)13-12-17-6-4-5-7-21(17)26-3;3-2(4,5)1(6)7/h4-11,15-16H,12-14H2,1-3H3;(H,6,7). The van der Waals surface area contributed by atoms with Gasteiger partial charge in [-0.1, -0.05) is 32.0 Å². The Morgan fingerprint density at radius 2 is 1.73 bits per heavy atom. The Kier molecular flexibility index (Phi) is 9.02. The Labute approximate surface area is 189 Å². The number of carbonyl (C=O) groups is 1. The maximum Gasteiger partial charge on any atom is 0.490 e. The van der Waals surface area contributed by atoms with Crippen LogP contribution in [-0.2, 0) is 24.2 Å². The molecule has 3 rings (SSSR count). The predicted octanol–water partition coefficient (Wildman–Crippen LogP) is 5.77. The molecule has 1 heterocycles. The molecular formula is C24H26F4N2O3. The summed E-state index contributed by atoms with van der Waals surface area (Å²) in [7, 11) is 1.70. The second-order valence-corrected chi connectivity index (χ2v) is 7.70. The van der Waals surface area contributed by atoms with Gasteiger partial charge in [-0.25, -0.2) is 14.2 Å². The van der Waals surface area contributed by atoms with Crippen LogP contribution in [0.3, 0.4) is 0 Å². The van der Waals surface area contributed by atoms with Gasteiger partial charge in [0.05, 0.1) is 19.1 Å². The third kappa shape index (κ3) is 7.62. The summed E-state index contributed by atoms with van der Waals surface area (Å²) in [4.78, 5) is 13.5. The first-order valence-electron chi connectivity index (χ1n) is 10.2. The van der Waals surface area contributed by atoms with Crippen molar-refractivity contribution in [1.82, 2.24) is 9.55 Å². The fraction of sp³-hybridized carbons (Fsp3) is 0.333. The van der Waals surface area contributed by atoms with E-state index in [9.17, 15) is 17.6 Å². The summed E-state index contributed by atoms with van der Waals surface area (Å²) in [6, 6.07) is 14.7. The van der Waals surface area contributed by atoms with E-state index in [0.29, 0.717) is 5.92 Å². The van der Waals surface area contributed by atoms with Crippen LogP contribution in [0.25, 0.3) is 11.3 Å². The van der Waals surface area contributed by atoms with Gasteiger partial charge in [0.15, 0.2) is 0 Å². The minimum Gasteiger partial charge on any atom is -0.496 e. The van der Waals surface area contributed by atoms with Crippen LogP contribution in [0.1, 0.15) is 25.1 Å². The van der Waals surface area contributed by atoms with E-state index in [1.54, 1.807) is 19.2 Å². The third-order valence-electron chi connectivity index (χ3n) is 4.72. The van der Waals surface area contributed by atoms with Crippen molar-refractivity contribution >= 4 is 5.97 Å². The van der Waals surface area contributed by atoms with Crippen molar-refractivity contribution in [2.45, 2.75) is 39.4 Å². The number of para-hydroxylation sites is 1. The molecule has 178 valence electrons. The number of halogens is 4. The van der Waals surface area contributed by atoms with E-state index in [1.165, 1.54) is 23.4 Å². The molecule has 0 unspecified atom stereocenters. The van der Waals surface area contributed by atoms with E-state index in [1.807, 2.05) is 24.5 Å². The number of benzene rings is 2. The molecule has 3 aromatic rings. The van der Waals surface area contributed by atoms with Gasteiger partial charge < -0.3 is 14.4 Å². The number of ether oxygens (including phenoxy) is 1. The largest absolute Gasteiger partial charge is 0.496 e. The lowest BCUT2D eigenvalue weighted by Gasteiger charge is -2.13. The average Bonchev–Trinajstić information content (AvgIpc) is 3.14. The Hall–Kier alpha value is -3.36. The van der Waals surface area contributed by atoms with Crippen molar-refractivity contribution in [1.29, 1.82) is 0 Å². The van der Waals surface area contributed by atoms with Crippen molar-refractivity contribution in [3.63, 3.8) is 0 Å². The molecule has 0 saturated heterocycles. The lowest BCUT2D eigenvalue weighted by Crippen LogP contribution is -2.21. The van der Waals surface area contributed by atoms with Crippen LogP contribution in [0.4, 0.5) is 17.6 Å². The lowest BCUT2D eigenvalue weighted by molar-refractivity contribution is -0.192. The van der Waals surface area contributed by atoms with Crippen LogP contribution in [0, 0.1) is 11.7 Å². The Bertz CT molecular complexity index is 1040. The van der Waals surface area contributed by atoms with Crippen LogP contribution in [0.15, 0.2) is 54.9 Å². The Morgan fingerprint density at radius 3 is 2.27 bits per heavy atom. The average molecular weight is 466 g/mol. The molecule has 0 aliphatic heterocycles. The van der Waals surface area contributed by atoms with Crippen LogP contribution >= 0.6 is 0 Å². The van der Waals surface area contributed by atoms with Crippen LogP contribution in [-0.4, -0.2) is 33.9 Å². The molecule has 33 heavy (non-hydrogen) atoms. The van der Waals surface area contributed by atoms with Crippen LogP contribution < -0.4 is 4.74 Å². The topological polar surface area (TPSA) is 64.4 Å². The van der Waals surface area contributed by atoms with Crippen molar-refractivity contribution in [3.05, 3.63) is 71.9 Å². The van der Waals surface area contributed by atoms with Gasteiger partial charge in [-0.05, 0) is 54.7 Å². The molecule has 0 bridgehead atoms. The lowest BCUT2D eigenvalue weighted by atomic mass is 10.0. The SMILES string of the molecule is COc1ccccc1CCn1cnc(-c2ccc(F)cc2)c1CC(C)C.O=C(O)C(F)(F)F. The number of alkyl halides is 3. The Balaban J connectivity index is 0.000000479. The molecule has 0 atom stereocenters. The number of aryl methyl sites for hydroxylation is 2. The Morgan fingerprint density at radius 1 is 1.12 bits per heavy atom. The van der Waals surface area contributed by atoms with E-state index in [4.69, 9.17) is 14.6 Å². The van der Waals surface area contributed by atoms with Crippen molar-refractivity contribution in [2.75, 3.05) is 7.11 Å². The number of imidazole rings is 1. The monoisotopic (exact) mass is 466 g/mol. The van der Waals surface area contributed by atoms with Gasteiger partial charge in [0.2, 0.25) is 0 Å². The second kappa shape index (κ2) is 11.5. The minimum atomic E-state index is -5.08. The molecule has 0 spiro atoms. The third-order valence-corrected chi connectivity index (χ3v) is 4.72. The smallest absolute Gasteiger partial charge is 0.490 e. The van der Waals surface area contributed by atoms with Crippen molar-refractivity contribution in [2.24, 2.45) is 5.92 Å². The van der Waals surface area contributed by atoms with Gasteiger partial charge in [-0.2, -0.15) is 13.2 Å². The summed E-state index contributed by atoms with van der Waals surface area (Å²) < 4.78 is 52.7. The summed E-state index contributed by atoms with van der Waals surface area (Å²) in [5.74, 6) is -1.56. The number of rotatable bonds is 7. The minimum absolute atomic E-state index is 0.227. The normalized spacial score (nSPS) is 11.2.